The fourth-order valence-electron chi connectivity index (χ4n) is 1.18. The zero-order valence-corrected chi connectivity index (χ0v) is 11.5. The fourth-order valence-corrected chi connectivity index (χ4v) is 2.21. The first-order valence-corrected chi connectivity index (χ1v) is 6.89. The van der Waals surface area contributed by atoms with Gasteiger partial charge in [-0.2, -0.15) is 11.8 Å². The van der Waals surface area contributed by atoms with Gasteiger partial charge in [0.05, 0.1) is 5.60 Å². The summed E-state index contributed by atoms with van der Waals surface area (Å²) in [6, 6.07) is 1.33. The van der Waals surface area contributed by atoms with Gasteiger partial charge in [-0.15, -0.1) is 0 Å². The van der Waals surface area contributed by atoms with Gasteiger partial charge in [-0.05, 0) is 35.2 Å². The molecule has 0 saturated heterocycles. The summed E-state index contributed by atoms with van der Waals surface area (Å²) in [7, 11) is 0. The first-order valence-electron chi connectivity index (χ1n) is 4.71. The van der Waals surface area contributed by atoms with Crippen LogP contribution in [0.5, 0.6) is 0 Å². The summed E-state index contributed by atoms with van der Waals surface area (Å²) in [5.74, 6) is 0.303. The Balaban J connectivity index is 2.61. The van der Waals surface area contributed by atoms with E-state index in [1.165, 1.54) is 24.0 Å². The van der Waals surface area contributed by atoms with E-state index in [1.807, 2.05) is 6.26 Å². The molecule has 6 heteroatoms. The zero-order valence-electron chi connectivity index (χ0n) is 9.13. The molecule has 0 aliphatic heterocycles. The molecule has 0 fully saturated rings. The molecule has 0 saturated carbocycles. The third-order valence-corrected chi connectivity index (χ3v) is 3.24. The van der Waals surface area contributed by atoms with Crippen molar-refractivity contribution in [2.24, 2.45) is 0 Å². The SMILES string of the molecule is CSCC(C)(O)CNc1ncc(Br)cc1F. The predicted octanol–water partition coefficient (Wildman–Crippen LogP) is 2.51. The van der Waals surface area contributed by atoms with Crippen LogP contribution in [-0.4, -0.2) is 34.2 Å². The topological polar surface area (TPSA) is 45.1 Å². The molecule has 0 aliphatic rings. The van der Waals surface area contributed by atoms with Crippen molar-refractivity contribution in [3.63, 3.8) is 0 Å². The van der Waals surface area contributed by atoms with E-state index in [0.29, 0.717) is 10.2 Å². The molecular formula is C10H14BrFN2OS. The zero-order chi connectivity index (χ0) is 12.2. The molecule has 1 aromatic rings. The smallest absolute Gasteiger partial charge is 0.166 e. The average molecular weight is 309 g/mol. The fraction of sp³-hybridized carbons (Fsp3) is 0.500. The van der Waals surface area contributed by atoms with E-state index in [2.05, 4.69) is 26.2 Å². The quantitative estimate of drug-likeness (QED) is 0.877. The Kier molecular flexibility index (Phi) is 5.01. The molecule has 1 atom stereocenters. The van der Waals surface area contributed by atoms with E-state index in [-0.39, 0.29) is 12.4 Å². The number of aliphatic hydroxyl groups is 1. The van der Waals surface area contributed by atoms with Crippen LogP contribution in [0.2, 0.25) is 0 Å². The second kappa shape index (κ2) is 5.84. The lowest BCUT2D eigenvalue weighted by molar-refractivity contribution is 0.0995. The van der Waals surface area contributed by atoms with Gasteiger partial charge >= 0.3 is 0 Å². The Bertz CT molecular complexity index is 363. The first-order chi connectivity index (χ1) is 7.44. The molecule has 90 valence electrons. The second-order valence-electron chi connectivity index (χ2n) is 3.77. The molecule has 3 nitrogen and oxygen atoms in total. The summed E-state index contributed by atoms with van der Waals surface area (Å²) >= 11 is 4.67. The Morgan fingerprint density at radius 3 is 2.94 bits per heavy atom. The number of nitrogens with zero attached hydrogens (tertiary/aromatic N) is 1. The summed E-state index contributed by atoms with van der Waals surface area (Å²) in [5.41, 5.74) is -0.874. The highest BCUT2D eigenvalue weighted by Gasteiger charge is 2.20. The highest BCUT2D eigenvalue weighted by atomic mass is 79.9. The number of aromatic nitrogens is 1. The number of pyridine rings is 1. The molecule has 0 spiro atoms. The molecule has 2 N–H and O–H groups in total. The molecule has 0 radical (unpaired) electrons. The van der Waals surface area contributed by atoms with Gasteiger partial charge in [0.25, 0.3) is 0 Å². The predicted molar refractivity (Wildman–Crippen MR) is 69.4 cm³/mol. The lowest BCUT2D eigenvalue weighted by atomic mass is 10.1. The Labute approximate surface area is 107 Å². The minimum absolute atomic E-state index is 0.157. The van der Waals surface area contributed by atoms with Gasteiger partial charge in [-0.3, -0.25) is 0 Å². The molecular weight excluding hydrogens is 295 g/mol. The number of hydrogen-bond acceptors (Lipinski definition) is 4. The van der Waals surface area contributed by atoms with Crippen molar-refractivity contribution in [2.45, 2.75) is 12.5 Å². The molecule has 0 aromatic carbocycles. The first kappa shape index (κ1) is 13.7. The van der Waals surface area contributed by atoms with Crippen molar-refractivity contribution in [1.82, 2.24) is 4.98 Å². The summed E-state index contributed by atoms with van der Waals surface area (Å²) in [4.78, 5) is 3.89. The van der Waals surface area contributed by atoms with Gasteiger partial charge in [-0.25, -0.2) is 9.37 Å². The lowest BCUT2D eigenvalue weighted by Gasteiger charge is -2.22. The van der Waals surface area contributed by atoms with Crippen molar-refractivity contribution >= 4 is 33.5 Å². The third kappa shape index (κ3) is 4.27. The molecule has 1 aromatic heterocycles. The van der Waals surface area contributed by atoms with E-state index in [4.69, 9.17) is 0 Å². The van der Waals surface area contributed by atoms with E-state index in [0.717, 1.165) is 0 Å². The summed E-state index contributed by atoms with van der Waals surface area (Å²) < 4.78 is 14.0. The number of anilines is 1. The number of rotatable bonds is 5. The normalized spacial score (nSPS) is 14.6. The van der Waals surface area contributed by atoms with Crippen molar-refractivity contribution in [1.29, 1.82) is 0 Å². The summed E-state index contributed by atoms with van der Waals surface area (Å²) in [6.07, 6.45) is 3.42. The Morgan fingerprint density at radius 2 is 2.38 bits per heavy atom. The largest absolute Gasteiger partial charge is 0.387 e. The maximum absolute atomic E-state index is 13.4. The van der Waals surface area contributed by atoms with E-state index in [1.54, 1.807) is 6.92 Å². The van der Waals surface area contributed by atoms with Crippen LogP contribution < -0.4 is 5.32 Å². The monoisotopic (exact) mass is 308 g/mol. The molecule has 16 heavy (non-hydrogen) atoms. The number of thioether (sulfide) groups is 1. The van der Waals surface area contributed by atoms with Crippen molar-refractivity contribution < 1.29 is 9.50 Å². The van der Waals surface area contributed by atoms with Crippen LogP contribution in [0.25, 0.3) is 0 Å². The highest BCUT2D eigenvalue weighted by Crippen LogP contribution is 2.17. The van der Waals surface area contributed by atoms with Gasteiger partial charge in [0.15, 0.2) is 11.6 Å². The van der Waals surface area contributed by atoms with Gasteiger partial charge < -0.3 is 10.4 Å². The standard InChI is InChI=1S/C10H14BrFN2OS/c1-10(15,6-16-2)5-14-9-8(12)3-7(11)4-13-9/h3-4,15H,5-6H2,1-2H3,(H,13,14). The minimum atomic E-state index is -0.874. The van der Waals surface area contributed by atoms with E-state index in [9.17, 15) is 9.50 Å². The van der Waals surface area contributed by atoms with Crippen LogP contribution in [0.4, 0.5) is 10.2 Å². The Hall–Kier alpha value is -0.330. The highest BCUT2D eigenvalue weighted by molar-refractivity contribution is 9.10. The van der Waals surface area contributed by atoms with E-state index >= 15 is 0 Å². The molecule has 0 bridgehead atoms. The number of halogens is 2. The van der Waals surface area contributed by atoms with Crippen LogP contribution in [0, 0.1) is 5.82 Å². The van der Waals surface area contributed by atoms with Crippen LogP contribution >= 0.6 is 27.7 Å². The van der Waals surface area contributed by atoms with Gasteiger partial charge in [-0.1, -0.05) is 0 Å². The van der Waals surface area contributed by atoms with Crippen molar-refractivity contribution in [2.75, 3.05) is 23.9 Å². The number of hydrogen-bond donors (Lipinski definition) is 2. The molecule has 0 amide bonds. The van der Waals surface area contributed by atoms with Crippen molar-refractivity contribution in [3.8, 4) is 0 Å². The number of nitrogens with one attached hydrogen (secondary N) is 1. The van der Waals surface area contributed by atoms with Crippen LogP contribution in [0.15, 0.2) is 16.7 Å². The second-order valence-corrected chi connectivity index (χ2v) is 5.55. The molecule has 1 rings (SSSR count). The maximum atomic E-state index is 13.4. The molecule has 1 heterocycles. The molecule has 0 aliphatic carbocycles. The maximum Gasteiger partial charge on any atom is 0.166 e. The lowest BCUT2D eigenvalue weighted by Crippen LogP contribution is -2.36. The average Bonchev–Trinajstić information content (AvgIpc) is 2.16. The van der Waals surface area contributed by atoms with Crippen LogP contribution in [0.1, 0.15) is 6.92 Å². The van der Waals surface area contributed by atoms with Crippen LogP contribution in [-0.2, 0) is 0 Å². The van der Waals surface area contributed by atoms with E-state index < -0.39 is 11.4 Å². The van der Waals surface area contributed by atoms with Gasteiger partial charge in [0.2, 0.25) is 0 Å². The van der Waals surface area contributed by atoms with Gasteiger partial charge in [0, 0.05) is 23.0 Å². The molecule has 1 unspecified atom stereocenters. The van der Waals surface area contributed by atoms with Crippen LogP contribution in [0.3, 0.4) is 0 Å². The minimum Gasteiger partial charge on any atom is -0.387 e. The summed E-state index contributed by atoms with van der Waals surface area (Å²) in [6.45, 7) is 1.96. The van der Waals surface area contributed by atoms with Crippen molar-refractivity contribution in [3.05, 3.63) is 22.6 Å². The summed E-state index contributed by atoms with van der Waals surface area (Å²) in [5, 5.41) is 12.7. The Morgan fingerprint density at radius 1 is 1.69 bits per heavy atom. The van der Waals surface area contributed by atoms with Gasteiger partial charge in [0.1, 0.15) is 0 Å². The third-order valence-electron chi connectivity index (χ3n) is 1.90.